The van der Waals surface area contributed by atoms with E-state index in [1.54, 1.807) is 26.4 Å². The fraction of sp³-hybridized carbons (Fsp3) is 0.364. The quantitative estimate of drug-likeness (QED) is 0.449. The van der Waals surface area contributed by atoms with Crippen LogP contribution < -0.4 is 20.7 Å². The summed E-state index contributed by atoms with van der Waals surface area (Å²) in [5.41, 5.74) is 8.24. The number of anilines is 2. The lowest BCUT2D eigenvalue weighted by Gasteiger charge is -2.36. The minimum atomic E-state index is -0.325. The number of aryl methyl sites for hydroxylation is 1. The molecule has 164 valence electrons. The molecule has 6 rings (SSSR count). The highest BCUT2D eigenvalue weighted by atomic mass is 19.1. The maximum atomic E-state index is 14.4. The largest absolute Gasteiger partial charge is 0.421 e. The molecule has 1 aliphatic heterocycles. The first-order chi connectivity index (χ1) is 15.5. The molecule has 1 saturated heterocycles. The average Bonchev–Trinajstić information content (AvgIpc) is 3.31. The van der Waals surface area contributed by atoms with Crippen LogP contribution in [0, 0.1) is 24.6 Å². The lowest BCUT2D eigenvalue weighted by Crippen LogP contribution is -2.46. The molecule has 3 aromatic heterocycles. The van der Waals surface area contributed by atoms with Crippen molar-refractivity contribution in [1.29, 1.82) is 0 Å². The summed E-state index contributed by atoms with van der Waals surface area (Å²) in [6.45, 7) is 3.48. The van der Waals surface area contributed by atoms with Crippen LogP contribution in [-0.2, 0) is 0 Å². The van der Waals surface area contributed by atoms with Crippen LogP contribution in [0.3, 0.4) is 0 Å². The van der Waals surface area contributed by atoms with Crippen LogP contribution in [-0.4, -0.2) is 51.1 Å². The molecular weight excluding hydrogens is 411 g/mol. The van der Waals surface area contributed by atoms with E-state index in [1.807, 2.05) is 0 Å². The average molecular weight is 434 g/mol. The summed E-state index contributed by atoms with van der Waals surface area (Å²) < 4.78 is 20.3. The Morgan fingerprint density at radius 1 is 1.22 bits per heavy atom. The smallest absolute Gasteiger partial charge is 0.326 e. The summed E-state index contributed by atoms with van der Waals surface area (Å²) >= 11 is 0. The number of fused-ring (bicyclic) bond motifs is 4. The van der Waals surface area contributed by atoms with Gasteiger partial charge in [-0.05, 0) is 37.3 Å². The number of nitrogens with one attached hydrogen (secondary N) is 2. The number of aromatic nitrogens is 5. The molecule has 0 bridgehead atoms. The molecule has 0 amide bonds. The van der Waals surface area contributed by atoms with E-state index in [0.717, 1.165) is 41.6 Å². The number of nitrogens with two attached hydrogens (primary N) is 1. The number of hydrogen-bond donors (Lipinski definition) is 3. The van der Waals surface area contributed by atoms with E-state index >= 15 is 0 Å². The third kappa shape index (κ3) is 2.94. The molecule has 0 radical (unpaired) electrons. The van der Waals surface area contributed by atoms with Crippen LogP contribution in [0.1, 0.15) is 12.2 Å². The van der Waals surface area contributed by atoms with Gasteiger partial charge in [-0.25, -0.2) is 14.4 Å². The fourth-order valence-electron chi connectivity index (χ4n) is 4.97. The molecule has 4 N–H and O–H groups in total. The van der Waals surface area contributed by atoms with Crippen molar-refractivity contribution in [3.8, 4) is 11.8 Å². The lowest BCUT2D eigenvalue weighted by atomic mass is 9.72. The van der Waals surface area contributed by atoms with E-state index in [9.17, 15) is 4.39 Å². The summed E-state index contributed by atoms with van der Waals surface area (Å²) in [6, 6.07) is 3.38. The van der Waals surface area contributed by atoms with Crippen molar-refractivity contribution < 1.29 is 9.13 Å². The van der Waals surface area contributed by atoms with Gasteiger partial charge < -0.3 is 25.7 Å². The number of hydrogen-bond acceptors (Lipinski definition) is 8. The number of H-pyrrole nitrogens is 1. The van der Waals surface area contributed by atoms with Gasteiger partial charge in [-0.3, -0.25) is 0 Å². The van der Waals surface area contributed by atoms with Gasteiger partial charge in [0.25, 0.3) is 0 Å². The third-order valence-electron chi connectivity index (χ3n) is 6.64. The summed E-state index contributed by atoms with van der Waals surface area (Å²) in [5.74, 6) is 2.50. The van der Waals surface area contributed by atoms with Gasteiger partial charge in [-0.1, -0.05) is 0 Å². The molecule has 10 heteroatoms. The number of nitrogens with zero attached hydrogens (tertiary/aromatic N) is 5. The van der Waals surface area contributed by atoms with Gasteiger partial charge in [0, 0.05) is 31.6 Å². The Morgan fingerprint density at radius 2 is 2.03 bits per heavy atom. The minimum absolute atomic E-state index is 0.182. The number of rotatable bonds is 4. The highest BCUT2D eigenvalue weighted by Crippen LogP contribution is 2.44. The molecule has 1 aromatic carbocycles. The Morgan fingerprint density at radius 3 is 2.75 bits per heavy atom. The highest BCUT2D eigenvalue weighted by Gasteiger charge is 2.46. The molecule has 4 aromatic rings. The monoisotopic (exact) mass is 434 g/mol. The summed E-state index contributed by atoms with van der Waals surface area (Å²) in [7, 11) is 1.76. The minimum Gasteiger partial charge on any atom is -0.421 e. The van der Waals surface area contributed by atoms with Gasteiger partial charge in [-0.15, -0.1) is 0 Å². The van der Waals surface area contributed by atoms with E-state index in [1.165, 1.54) is 12.1 Å². The van der Waals surface area contributed by atoms with Crippen molar-refractivity contribution in [2.75, 3.05) is 30.4 Å². The first kappa shape index (κ1) is 19.2. The highest BCUT2D eigenvalue weighted by molar-refractivity contribution is 6.14. The predicted octanol–water partition coefficient (Wildman–Crippen LogP) is 2.97. The molecular formula is C22H23FN8O. The number of halogens is 1. The number of benzene rings is 1. The number of aromatic amines is 1. The van der Waals surface area contributed by atoms with Crippen LogP contribution in [0.4, 0.5) is 15.9 Å². The second kappa shape index (κ2) is 6.99. The third-order valence-corrected chi connectivity index (χ3v) is 6.64. The second-order valence-corrected chi connectivity index (χ2v) is 8.60. The number of ether oxygens (including phenoxy) is 1. The standard InChI is InChI=1S/C22H23FN8O/c1-10-26-6-13(7-27-10)32-22-29-20-18(14-4-12(23)5-17(25-2)19(14)28-20)21(30-22)31-8-11-3-16(24)15(11)9-31/h4-7,11,15-16,25H,3,8-9,24H2,1-2H3,(H,28,29,30)/t11-,15+,16-/m1/s1. The Balaban J connectivity index is 1.53. The summed E-state index contributed by atoms with van der Waals surface area (Å²) in [6.07, 6.45) is 4.20. The Hall–Kier alpha value is -3.53. The molecule has 1 saturated carbocycles. The van der Waals surface area contributed by atoms with Crippen molar-refractivity contribution in [2.45, 2.75) is 19.4 Å². The molecule has 0 spiro atoms. The molecule has 32 heavy (non-hydrogen) atoms. The maximum Gasteiger partial charge on any atom is 0.326 e. The van der Waals surface area contributed by atoms with E-state index in [4.69, 9.17) is 15.5 Å². The van der Waals surface area contributed by atoms with Crippen molar-refractivity contribution in [1.82, 2.24) is 24.9 Å². The van der Waals surface area contributed by atoms with Gasteiger partial charge in [0.1, 0.15) is 23.1 Å². The first-order valence-corrected chi connectivity index (χ1v) is 10.7. The summed E-state index contributed by atoms with van der Waals surface area (Å²) in [4.78, 5) is 23.2. The SMILES string of the molecule is CNc1cc(F)cc2c1[nH]c1nc(Oc3cnc(C)nc3)nc(N3C[C@H]4C[C@@H](N)[C@H]4C3)c12. The van der Waals surface area contributed by atoms with Crippen LogP contribution in [0.15, 0.2) is 24.5 Å². The molecule has 2 aliphatic rings. The molecule has 3 atom stereocenters. The fourth-order valence-corrected chi connectivity index (χ4v) is 4.97. The van der Waals surface area contributed by atoms with Gasteiger partial charge in [0.2, 0.25) is 0 Å². The van der Waals surface area contributed by atoms with Gasteiger partial charge in [0.15, 0.2) is 5.75 Å². The second-order valence-electron chi connectivity index (χ2n) is 8.60. The Kier molecular flexibility index (Phi) is 4.19. The van der Waals surface area contributed by atoms with Crippen molar-refractivity contribution in [3.63, 3.8) is 0 Å². The summed E-state index contributed by atoms with van der Waals surface area (Å²) in [5, 5.41) is 4.56. The van der Waals surface area contributed by atoms with E-state index in [2.05, 4.69) is 30.2 Å². The Labute approximate surface area is 183 Å². The maximum absolute atomic E-state index is 14.4. The van der Waals surface area contributed by atoms with E-state index < -0.39 is 0 Å². The van der Waals surface area contributed by atoms with Gasteiger partial charge in [-0.2, -0.15) is 9.97 Å². The van der Waals surface area contributed by atoms with Crippen LogP contribution in [0.25, 0.3) is 21.9 Å². The van der Waals surface area contributed by atoms with Crippen LogP contribution in [0.5, 0.6) is 11.8 Å². The molecule has 9 nitrogen and oxygen atoms in total. The van der Waals surface area contributed by atoms with Crippen LogP contribution in [0.2, 0.25) is 0 Å². The molecule has 4 heterocycles. The van der Waals surface area contributed by atoms with E-state index in [0.29, 0.717) is 34.7 Å². The van der Waals surface area contributed by atoms with Crippen molar-refractivity contribution in [2.24, 2.45) is 17.6 Å². The zero-order chi connectivity index (χ0) is 22.0. The van der Waals surface area contributed by atoms with Crippen molar-refractivity contribution >= 4 is 33.4 Å². The zero-order valence-electron chi connectivity index (χ0n) is 17.8. The van der Waals surface area contributed by atoms with Gasteiger partial charge >= 0.3 is 6.01 Å². The predicted molar refractivity (Wildman–Crippen MR) is 120 cm³/mol. The lowest BCUT2D eigenvalue weighted by molar-refractivity contribution is 0.194. The van der Waals surface area contributed by atoms with Crippen LogP contribution >= 0.6 is 0 Å². The van der Waals surface area contributed by atoms with Crippen molar-refractivity contribution in [3.05, 3.63) is 36.2 Å². The van der Waals surface area contributed by atoms with E-state index in [-0.39, 0.29) is 17.9 Å². The molecule has 0 unspecified atom stereocenters. The topological polar surface area (TPSA) is 118 Å². The normalized spacial score (nSPS) is 22.2. The molecule has 1 aliphatic carbocycles. The van der Waals surface area contributed by atoms with Gasteiger partial charge in [0.05, 0.1) is 29.0 Å². The Bertz CT molecular complexity index is 1340. The molecule has 2 fully saturated rings. The first-order valence-electron chi connectivity index (χ1n) is 10.7. The zero-order valence-corrected chi connectivity index (χ0v) is 17.8.